The van der Waals surface area contributed by atoms with Gasteiger partial charge < -0.3 is 10.5 Å². The topological polar surface area (TPSA) is 35.2 Å². The maximum atomic E-state index is 12.8. The molecule has 0 atom stereocenters. The summed E-state index contributed by atoms with van der Waals surface area (Å²) in [5.74, 6) is 0.915. The molecule has 0 fully saturated rings. The molecule has 0 amide bonds. The van der Waals surface area contributed by atoms with E-state index in [1.165, 1.54) is 12.1 Å². The van der Waals surface area contributed by atoms with Crippen molar-refractivity contribution in [3.63, 3.8) is 0 Å². The Bertz CT molecular complexity index is 511. The maximum Gasteiger partial charge on any atom is 0.153 e. The molecule has 0 aromatic heterocycles. The van der Waals surface area contributed by atoms with Crippen molar-refractivity contribution in [3.05, 3.63) is 53.3 Å². The van der Waals surface area contributed by atoms with Gasteiger partial charge in [0.2, 0.25) is 0 Å². The number of hydrogen-bond donors (Lipinski definition) is 1. The van der Waals surface area contributed by atoms with Gasteiger partial charge in [0.05, 0.1) is 5.69 Å². The number of nitrogens with two attached hydrogens (primary N) is 1. The van der Waals surface area contributed by atoms with Crippen LogP contribution in [-0.2, 0) is 0 Å². The summed E-state index contributed by atoms with van der Waals surface area (Å²) in [7, 11) is 0. The van der Waals surface area contributed by atoms with Crippen molar-refractivity contribution in [2.75, 3.05) is 5.73 Å². The molecule has 0 aliphatic heterocycles. The zero-order valence-corrected chi connectivity index (χ0v) is 9.83. The lowest BCUT2D eigenvalue weighted by Gasteiger charge is -2.12. The predicted octanol–water partition coefficient (Wildman–Crippen LogP) is 3.82. The molecule has 3 heteroatoms. The van der Waals surface area contributed by atoms with Gasteiger partial charge in [-0.15, -0.1) is 0 Å². The van der Waals surface area contributed by atoms with Gasteiger partial charge in [-0.25, -0.2) is 4.39 Å². The molecular formula is C14H14FNO. The summed E-state index contributed by atoms with van der Waals surface area (Å²) in [6.45, 7) is 3.91. The molecule has 17 heavy (non-hydrogen) atoms. The third-order valence-corrected chi connectivity index (χ3v) is 2.48. The average molecular weight is 231 g/mol. The van der Waals surface area contributed by atoms with Gasteiger partial charge in [-0.05, 0) is 55.3 Å². The highest BCUT2D eigenvalue weighted by molar-refractivity contribution is 5.59. The van der Waals surface area contributed by atoms with Crippen LogP contribution >= 0.6 is 0 Å². The van der Waals surface area contributed by atoms with E-state index >= 15 is 0 Å². The van der Waals surface area contributed by atoms with Gasteiger partial charge in [0, 0.05) is 0 Å². The SMILES string of the molecule is Cc1cc(C)c(Oc2ccc(F)cc2)c(N)c1. The van der Waals surface area contributed by atoms with Gasteiger partial charge in [-0.2, -0.15) is 0 Å². The van der Waals surface area contributed by atoms with E-state index in [9.17, 15) is 4.39 Å². The molecule has 0 saturated heterocycles. The lowest BCUT2D eigenvalue weighted by atomic mass is 10.1. The van der Waals surface area contributed by atoms with Crippen LogP contribution < -0.4 is 10.5 Å². The van der Waals surface area contributed by atoms with E-state index in [0.717, 1.165) is 11.1 Å². The van der Waals surface area contributed by atoms with Crippen molar-refractivity contribution < 1.29 is 9.13 Å². The molecule has 0 heterocycles. The fraction of sp³-hybridized carbons (Fsp3) is 0.143. The molecule has 0 radical (unpaired) electrons. The molecule has 2 aromatic rings. The van der Waals surface area contributed by atoms with Crippen LogP contribution in [0.3, 0.4) is 0 Å². The number of aryl methyl sites for hydroxylation is 2. The van der Waals surface area contributed by atoms with Crippen molar-refractivity contribution in [3.8, 4) is 11.5 Å². The molecule has 2 rings (SSSR count). The Morgan fingerprint density at radius 3 is 2.29 bits per heavy atom. The standard InChI is InChI=1S/C14H14FNO/c1-9-7-10(2)14(13(16)8-9)17-12-5-3-11(15)4-6-12/h3-8H,16H2,1-2H3. The molecule has 2 nitrogen and oxygen atoms in total. The van der Waals surface area contributed by atoms with E-state index in [4.69, 9.17) is 10.5 Å². The van der Waals surface area contributed by atoms with Crippen molar-refractivity contribution in [2.45, 2.75) is 13.8 Å². The van der Waals surface area contributed by atoms with E-state index in [2.05, 4.69) is 0 Å². The molecular weight excluding hydrogens is 217 g/mol. The number of ether oxygens (including phenoxy) is 1. The quantitative estimate of drug-likeness (QED) is 0.797. The van der Waals surface area contributed by atoms with E-state index in [1.807, 2.05) is 26.0 Å². The lowest BCUT2D eigenvalue weighted by Crippen LogP contribution is -1.95. The molecule has 0 spiro atoms. The first-order chi connectivity index (χ1) is 8.06. The second-order valence-electron chi connectivity index (χ2n) is 4.06. The van der Waals surface area contributed by atoms with Gasteiger partial charge >= 0.3 is 0 Å². The van der Waals surface area contributed by atoms with E-state index < -0.39 is 0 Å². The number of nitrogen functional groups attached to an aromatic ring is 1. The Labute approximate surface area is 99.8 Å². The normalized spacial score (nSPS) is 10.3. The first kappa shape index (κ1) is 11.5. The number of hydrogen-bond acceptors (Lipinski definition) is 2. The van der Waals surface area contributed by atoms with Crippen LogP contribution in [0, 0.1) is 19.7 Å². The number of rotatable bonds is 2. The summed E-state index contributed by atoms with van der Waals surface area (Å²) in [6.07, 6.45) is 0. The Morgan fingerprint density at radius 1 is 1.06 bits per heavy atom. The third kappa shape index (κ3) is 2.56. The second-order valence-corrected chi connectivity index (χ2v) is 4.06. The first-order valence-corrected chi connectivity index (χ1v) is 5.36. The number of benzene rings is 2. The van der Waals surface area contributed by atoms with Crippen LogP contribution in [0.4, 0.5) is 10.1 Å². The van der Waals surface area contributed by atoms with Crippen LogP contribution in [0.2, 0.25) is 0 Å². The predicted molar refractivity (Wildman–Crippen MR) is 66.8 cm³/mol. The van der Waals surface area contributed by atoms with Crippen LogP contribution in [0.5, 0.6) is 11.5 Å². The zero-order chi connectivity index (χ0) is 12.4. The van der Waals surface area contributed by atoms with Crippen LogP contribution in [0.15, 0.2) is 36.4 Å². The Morgan fingerprint density at radius 2 is 1.71 bits per heavy atom. The van der Waals surface area contributed by atoms with Gasteiger partial charge in [-0.1, -0.05) is 6.07 Å². The van der Waals surface area contributed by atoms with Crippen molar-refractivity contribution >= 4 is 5.69 Å². The highest BCUT2D eigenvalue weighted by atomic mass is 19.1. The molecule has 0 aliphatic carbocycles. The summed E-state index contributed by atoms with van der Waals surface area (Å²) in [5.41, 5.74) is 8.54. The Hall–Kier alpha value is -2.03. The number of anilines is 1. The minimum Gasteiger partial charge on any atom is -0.455 e. The van der Waals surface area contributed by atoms with Crippen molar-refractivity contribution in [1.82, 2.24) is 0 Å². The molecule has 88 valence electrons. The summed E-state index contributed by atoms with van der Waals surface area (Å²) < 4.78 is 18.4. The van der Waals surface area contributed by atoms with Gasteiger partial charge in [0.25, 0.3) is 0 Å². The van der Waals surface area contributed by atoms with Gasteiger partial charge in [0.1, 0.15) is 11.6 Å². The number of halogens is 1. The van der Waals surface area contributed by atoms with Crippen LogP contribution in [-0.4, -0.2) is 0 Å². The van der Waals surface area contributed by atoms with Crippen molar-refractivity contribution in [2.24, 2.45) is 0 Å². The minimum absolute atomic E-state index is 0.286. The molecule has 0 bridgehead atoms. The summed E-state index contributed by atoms with van der Waals surface area (Å²) >= 11 is 0. The zero-order valence-electron chi connectivity index (χ0n) is 9.83. The summed E-state index contributed by atoms with van der Waals surface area (Å²) in [6, 6.07) is 9.72. The van der Waals surface area contributed by atoms with Gasteiger partial charge in [0.15, 0.2) is 5.75 Å². The highest BCUT2D eigenvalue weighted by Crippen LogP contribution is 2.31. The van der Waals surface area contributed by atoms with E-state index in [1.54, 1.807) is 12.1 Å². The van der Waals surface area contributed by atoms with E-state index in [0.29, 0.717) is 17.2 Å². The molecule has 0 saturated carbocycles. The highest BCUT2D eigenvalue weighted by Gasteiger charge is 2.07. The fourth-order valence-corrected chi connectivity index (χ4v) is 1.75. The average Bonchev–Trinajstić information content (AvgIpc) is 2.26. The largest absolute Gasteiger partial charge is 0.455 e. The first-order valence-electron chi connectivity index (χ1n) is 5.36. The van der Waals surface area contributed by atoms with Crippen LogP contribution in [0.25, 0.3) is 0 Å². The third-order valence-electron chi connectivity index (χ3n) is 2.48. The molecule has 2 aromatic carbocycles. The Balaban J connectivity index is 2.33. The monoisotopic (exact) mass is 231 g/mol. The molecule has 0 unspecified atom stereocenters. The van der Waals surface area contributed by atoms with Crippen LogP contribution in [0.1, 0.15) is 11.1 Å². The van der Waals surface area contributed by atoms with E-state index in [-0.39, 0.29) is 5.82 Å². The second kappa shape index (κ2) is 4.45. The maximum absolute atomic E-state index is 12.8. The van der Waals surface area contributed by atoms with Gasteiger partial charge in [-0.3, -0.25) is 0 Å². The molecule has 2 N–H and O–H groups in total. The lowest BCUT2D eigenvalue weighted by molar-refractivity contribution is 0.479. The summed E-state index contributed by atoms with van der Waals surface area (Å²) in [4.78, 5) is 0. The minimum atomic E-state index is -0.286. The fourth-order valence-electron chi connectivity index (χ4n) is 1.75. The Kier molecular flexibility index (Phi) is 3.00. The summed E-state index contributed by atoms with van der Waals surface area (Å²) in [5, 5.41) is 0. The van der Waals surface area contributed by atoms with Crippen molar-refractivity contribution in [1.29, 1.82) is 0 Å². The smallest absolute Gasteiger partial charge is 0.153 e. The molecule has 0 aliphatic rings.